The number of hydrogen-bond donors (Lipinski definition) is 0. The summed E-state index contributed by atoms with van der Waals surface area (Å²) in [4.78, 5) is 16.4. The molecule has 10 heteroatoms. The maximum atomic E-state index is 12.1. The number of hydrogen-bond acceptors (Lipinski definition) is 7. The molecule has 0 spiro atoms. The van der Waals surface area contributed by atoms with Crippen molar-refractivity contribution < 1.29 is 26.9 Å². The Morgan fingerprint density at radius 3 is 2.50 bits per heavy atom. The van der Waals surface area contributed by atoms with Gasteiger partial charge in [-0.3, -0.25) is 0 Å². The first-order valence-electron chi connectivity index (χ1n) is 7.72. The first kappa shape index (κ1) is 20.4. The van der Waals surface area contributed by atoms with Crippen LogP contribution in [-0.2, 0) is 19.6 Å². The highest BCUT2D eigenvalue weighted by molar-refractivity contribution is 9.10. The van der Waals surface area contributed by atoms with Crippen LogP contribution in [0.4, 0.5) is 0 Å². The third kappa shape index (κ3) is 4.73. The molecular formula is C18H13BrClNO6S. The lowest BCUT2D eigenvalue weighted by Crippen LogP contribution is -2.07. The van der Waals surface area contributed by atoms with Crippen LogP contribution in [0.2, 0.25) is 5.02 Å². The molecule has 0 aliphatic carbocycles. The van der Waals surface area contributed by atoms with E-state index in [-0.39, 0.29) is 23.1 Å². The molecule has 0 radical (unpaired) electrons. The standard InChI is InChI=1S/C18H13BrClNO6S/c1-25-15-9-10(7-13(19)16(15)27-28(2,23)24)8-14-18(22)26-17(21-14)11-3-5-12(20)6-4-11/h3-9H,1-2H3/b14-8-. The van der Waals surface area contributed by atoms with Crippen molar-refractivity contribution in [3.8, 4) is 11.5 Å². The zero-order valence-corrected chi connectivity index (χ0v) is 17.8. The van der Waals surface area contributed by atoms with E-state index in [9.17, 15) is 13.2 Å². The lowest BCUT2D eigenvalue weighted by Gasteiger charge is -2.11. The van der Waals surface area contributed by atoms with Crippen LogP contribution >= 0.6 is 27.5 Å². The van der Waals surface area contributed by atoms with Crippen molar-refractivity contribution in [1.82, 2.24) is 0 Å². The molecule has 0 amide bonds. The van der Waals surface area contributed by atoms with Gasteiger partial charge in [0.25, 0.3) is 0 Å². The molecule has 0 fully saturated rings. The lowest BCUT2D eigenvalue weighted by molar-refractivity contribution is -0.129. The van der Waals surface area contributed by atoms with Crippen LogP contribution in [0, 0.1) is 0 Å². The zero-order valence-electron chi connectivity index (χ0n) is 14.6. The van der Waals surface area contributed by atoms with Crippen LogP contribution in [0.25, 0.3) is 6.08 Å². The summed E-state index contributed by atoms with van der Waals surface area (Å²) in [6.45, 7) is 0. The van der Waals surface area contributed by atoms with Gasteiger partial charge in [0.1, 0.15) is 0 Å². The Morgan fingerprint density at radius 1 is 1.21 bits per heavy atom. The molecule has 1 aliphatic rings. The Bertz CT molecular complexity index is 1110. The fourth-order valence-electron chi connectivity index (χ4n) is 2.34. The number of ether oxygens (including phenoxy) is 2. The van der Waals surface area contributed by atoms with E-state index in [1.165, 1.54) is 19.3 Å². The van der Waals surface area contributed by atoms with Gasteiger partial charge in [-0.05, 0) is 64.0 Å². The molecule has 0 unspecified atom stereocenters. The number of nitrogens with zero attached hydrogens (tertiary/aromatic N) is 1. The number of carbonyl (C=O) groups excluding carboxylic acids is 1. The average Bonchev–Trinajstić information content (AvgIpc) is 2.97. The van der Waals surface area contributed by atoms with E-state index in [0.29, 0.717) is 20.6 Å². The molecule has 28 heavy (non-hydrogen) atoms. The van der Waals surface area contributed by atoms with Gasteiger partial charge in [0, 0.05) is 10.6 Å². The van der Waals surface area contributed by atoms with Crippen LogP contribution < -0.4 is 8.92 Å². The minimum absolute atomic E-state index is 0.00602. The molecule has 0 atom stereocenters. The number of methoxy groups -OCH3 is 1. The van der Waals surface area contributed by atoms with Crippen molar-refractivity contribution in [3.05, 3.63) is 62.7 Å². The Kier molecular flexibility index (Phi) is 5.78. The Morgan fingerprint density at radius 2 is 1.89 bits per heavy atom. The number of esters is 1. The second-order valence-corrected chi connectivity index (χ2v) is 8.53. The number of aliphatic imine (C=N–C) groups is 1. The van der Waals surface area contributed by atoms with Crippen LogP contribution in [-0.4, -0.2) is 33.7 Å². The van der Waals surface area contributed by atoms with E-state index in [1.54, 1.807) is 30.3 Å². The zero-order chi connectivity index (χ0) is 20.5. The van der Waals surface area contributed by atoms with E-state index in [0.717, 1.165) is 6.26 Å². The third-order valence-electron chi connectivity index (χ3n) is 3.50. The van der Waals surface area contributed by atoms with Crippen LogP contribution in [0.15, 0.2) is 51.6 Å². The fraction of sp³-hybridized carbons (Fsp3) is 0.111. The highest BCUT2D eigenvalue weighted by Gasteiger charge is 2.24. The van der Waals surface area contributed by atoms with Crippen LogP contribution in [0.1, 0.15) is 11.1 Å². The van der Waals surface area contributed by atoms with Crippen molar-refractivity contribution >= 4 is 55.6 Å². The van der Waals surface area contributed by atoms with Gasteiger partial charge < -0.3 is 13.7 Å². The van der Waals surface area contributed by atoms with E-state index in [4.69, 9.17) is 25.3 Å². The summed E-state index contributed by atoms with van der Waals surface area (Å²) in [6, 6.07) is 9.79. The highest BCUT2D eigenvalue weighted by Crippen LogP contribution is 2.38. The number of rotatable bonds is 5. The van der Waals surface area contributed by atoms with Gasteiger partial charge in [-0.15, -0.1) is 0 Å². The predicted octanol–water partition coefficient (Wildman–Crippen LogP) is 3.79. The topological polar surface area (TPSA) is 91.3 Å². The monoisotopic (exact) mass is 485 g/mol. The summed E-state index contributed by atoms with van der Waals surface area (Å²) in [5, 5.41) is 0.554. The Labute approximate surface area is 174 Å². The Balaban J connectivity index is 1.97. The smallest absolute Gasteiger partial charge is 0.363 e. The molecule has 2 aromatic carbocycles. The van der Waals surface area contributed by atoms with E-state index < -0.39 is 16.1 Å². The SMILES string of the molecule is COc1cc(/C=C2\N=C(c3ccc(Cl)cc3)OC2=O)cc(Br)c1OS(C)(=O)=O. The second kappa shape index (κ2) is 7.94. The van der Waals surface area contributed by atoms with Crippen LogP contribution in [0.5, 0.6) is 11.5 Å². The summed E-state index contributed by atoms with van der Waals surface area (Å²) >= 11 is 9.10. The highest BCUT2D eigenvalue weighted by atomic mass is 79.9. The van der Waals surface area contributed by atoms with Crippen molar-refractivity contribution in [2.45, 2.75) is 0 Å². The van der Waals surface area contributed by atoms with Crippen molar-refractivity contribution in [2.75, 3.05) is 13.4 Å². The van der Waals surface area contributed by atoms with Gasteiger partial charge in [-0.1, -0.05) is 11.6 Å². The molecule has 1 aliphatic heterocycles. The molecule has 2 aromatic rings. The minimum atomic E-state index is -3.75. The second-order valence-electron chi connectivity index (χ2n) is 5.66. The molecule has 1 heterocycles. The molecule has 0 saturated carbocycles. The third-order valence-corrected chi connectivity index (χ3v) is 4.81. The summed E-state index contributed by atoms with van der Waals surface area (Å²) < 4.78 is 38.5. The quantitative estimate of drug-likeness (QED) is 0.363. The first-order chi connectivity index (χ1) is 13.2. The van der Waals surface area contributed by atoms with Gasteiger partial charge in [-0.25, -0.2) is 9.79 Å². The minimum Gasteiger partial charge on any atom is -0.493 e. The van der Waals surface area contributed by atoms with Gasteiger partial charge in [0.15, 0.2) is 17.2 Å². The molecule has 0 saturated heterocycles. The van der Waals surface area contributed by atoms with Gasteiger partial charge in [0.05, 0.1) is 17.8 Å². The van der Waals surface area contributed by atoms with Crippen molar-refractivity contribution in [1.29, 1.82) is 0 Å². The summed E-state index contributed by atoms with van der Waals surface area (Å²) in [5.74, 6) is -0.279. The van der Waals surface area contributed by atoms with Gasteiger partial charge >= 0.3 is 16.1 Å². The summed E-state index contributed by atoms with van der Waals surface area (Å²) in [6.07, 6.45) is 2.42. The van der Waals surface area contributed by atoms with E-state index in [2.05, 4.69) is 20.9 Å². The molecule has 0 N–H and O–H groups in total. The van der Waals surface area contributed by atoms with Crippen molar-refractivity contribution in [3.63, 3.8) is 0 Å². The number of benzene rings is 2. The first-order valence-corrected chi connectivity index (χ1v) is 10.7. The van der Waals surface area contributed by atoms with Crippen LogP contribution in [0.3, 0.4) is 0 Å². The normalized spacial score (nSPS) is 15.4. The van der Waals surface area contributed by atoms with E-state index in [1.807, 2.05) is 0 Å². The number of cyclic esters (lactones) is 1. The molecule has 0 aromatic heterocycles. The molecule has 0 bridgehead atoms. The summed E-state index contributed by atoms with van der Waals surface area (Å²) in [7, 11) is -2.38. The van der Waals surface area contributed by atoms with E-state index >= 15 is 0 Å². The predicted molar refractivity (Wildman–Crippen MR) is 108 cm³/mol. The molecule has 3 rings (SSSR count). The maximum Gasteiger partial charge on any atom is 0.363 e. The Hall–Kier alpha value is -2.36. The molecular weight excluding hydrogens is 474 g/mol. The maximum absolute atomic E-state index is 12.1. The number of halogens is 2. The van der Waals surface area contributed by atoms with Gasteiger partial charge in [-0.2, -0.15) is 8.42 Å². The fourth-order valence-corrected chi connectivity index (χ4v) is 3.59. The lowest BCUT2D eigenvalue weighted by atomic mass is 10.1. The van der Waals surface area contributed by atoms with Crippen molar-refractivity contribution in [2.24, 2.45) is 4.99 Å². The summed E-state index contributed by atoms with van der Waals surface area (Å²) in [5.41, 5.74) is 1.21. The largest absolute Gasteiger partial charge is 0.493 e. The molecule has 146 valence electrons. The van der Waals surface area contributed by atoms with Gasteiger partial charge in [0.2, 0.25) is 5.90 Å². The number of carbonyl (C=O) groups is 1. The average molecular weight is 487 g/mol. The molecule has 7 nitrogen and oxygen atoms in total.